The van der Waals surface area contributed by atoms with Gasteiger partial charge in [0.15, 0.2) is 0 Å². The number of alkyl halides is 1. The molecular formula is C11H9BrClNO2. The average molecular weight is 303 g/mol. The van der Waals surface area contributed by atoms with Crippen molar-refractivity contribution in [1.82, 2.24) is 0 Å². The van der Waals surface area contributed by atoms with Crippen LogP contribution in [0.4, 0.5) is 0 Å². The van der Waals surface area contributed by atoms with Crippen LogP contribution in [0.15, 0.2) is 12.1 Å². The van der Waals surface area contributed by atoms with E-state index in [0.29, 0.717) is 21.5 Å². The highest BCUT2D eigenvalue weighted by Gasteiger charge is 2.15. The van der Waals surface area contributed by atoms with E-state index < -0.39 is 5.97 Å². The number of hydrogen-bond acceptors (Lipinski definition) is 3. The number of halogens is 2. The van der Waals surface area contributed by atoms with E-state index in [4.69, 9.17) is 21.6 Å². The first-order valence-corrected chi connectivity index (χ1v) is 6.09. The number of rotatable bonds is 3. The minimum absolute atomic E-state index is 0.233. The zero-order chi connectivity index (χ0) is 12.1. The van der Waals surface area contributed by atoms with Crippen LogP contribution in [0.25, 0.3) is 0 Å². The molecule has 0 atom stereocenters. The van der Waals surface area contributed by atoms with Gasteiger partial charge in [0.1, 0.15) is 0 Å². The number of nitrogens with zero attached hydrogens (tertiary/aromatic N) is 1. The molecule has 1 rings (SSSR count). The van der Waals surface area contributed by atoms with Gasteiger partial charge in [0.25, 0.3) is 0 Å². The number of benzene rings is 1. The first-order valence-electron chi connectivity index (χ1n) is 4.59. The minimum atomic E-state index is -0.508. The van der Waals surface area contributed by atoms with Crippen molar-refractivity contribution in [3.8, 4) is 6.07 Å². The third-order valence-corrected chi connectivity index (χ3v) is 2.97. The fourth-order valence-electron chi connectivity index (χ4n) is 1.20. The quantitative estimate of drug-likeness (QED) is 0.636. The molecule has 1 aromatic carbocycles. The first-order chi connectivity index (χ1) is 7.63. The summed E-state index contributed by atoms with van der Waals surface area (Å²) in [6, 6.07) is 5.05. The normalized spacial score (nSPS) is 9.62. The average Bonchev–Trinajstić information content (AvgIpc) is 2.29. The summed E-state index contributed by atoms with van der Waals surface area (Å²) < 4.78 is 4.86. The molecular weight excluding hydrogens is 293 g/mol. The van der Waals surface area contributed by atoms with Gasteiger partial charge in [-0.3, -0.25) is 0 Å². The highest BCUT2D eigenvalue weighted by molar-refractivity contribution is 9.08. The number of esters is 1. The fourth-order valence-corrected chi connectivity index (χ4v) is 2.06. The number of carbonyl (C=O) groups is 1. The Labute approximate surface area is 107 Å². The van der Waals surface area contributed by atoms with E-state index >= 15 is 0 Å². The van der Waals surface area contributed by atoms with Gasteiger partial charge in [-0.15, -0.1) is 0 Å². The molecule has 16 heavy (non-hydrogen) atoms. The van der Waals surface area contributed by atoms with Crippen LogP contribution in [0.2, 0.25) is 5.02 Å². The van der Waals surface area contributed by atoms with Crippen molar-refractivity contribution in [1.29, 1.82) is 5.26 Å². The molecule has 0 radical (unpaired) electrons. The second kappa shape index (κ2) is 5.88. The molecule has 0 aliphatic carbocycles. The summed E-state index contributed by atoms with van der Waals surface area (Å²) >= 11 is 9.28. The predicted octanol–water partition coefficient (Wildman–Crippen LogP) is 3.28. The maximum absolute atomic E-state index is 11.6. The second-order valence-corrected chi connectivity index (χ2v) is 3.90. The van der Waals surface area contributed by atoms with Gasteiger partial charge < -0.3 is 4.74 Å². The molecule has 1 aromatic rings. The largest absolute Gasteiger partial charge is 0.462 e. The molecule has 0 saturated carbocycles. The van der Waals surface area contributed by atoms with Crippen molar-refractivity contribution in [3.63, 3.8) is 0 Å². The van der Waals surface area contributed by atoms with E-state index in [1.807, 2.05) is 6.07 Å². The molecule has 3 nitrogen and oxygen atoms in total. The standard InChI is InChI=1S/C11H9BrClNO2/c1-2-16-11(15)9-4-7(6-14)3-8(5-12)10(9)13/h3-4H,2,5H2,1H3. The van der Waals surface area contributed by atoms with Crippen molar-refractivity contribution in [2.45, 2.75) is 12.3 Å². The lowest BCUT2D eigenvalue weighted by atomic mass is 10.1. The van der Waals surface area contributed by atoms with Crippen molar-refractivity contribution < 1.29 is 9.53 Å². The lowest BCUT2D eigenvalue weighted by molar-refractivity contribution is 0.0526. The molecule has 0 amide bonds. The summed E-state index contributed by atoms with van der Waals surface area (Å²) in [5, 5.41) is 9.63. The Hall–Kier alpha value is -1.05. The van der Waals surface area contributed by atoms with E-state index in [2.05, 4.69) is 15.9 Å². The Kier molecular flexibility index (Phi) is 4.78. The Morgan fingerprint density at radius 1 is 1.62 bits per heavy atom. The summed E-state index contributed by atoms with van der Waals surface area (Å²) in [6.07, 6.45) is 0. The summed E-state index contributed by atoms with van der Waals surface area (Å²) in [6.45, 7) is 1.99. The molecule has 0 saturated heterocycles. The topological polar surface area (TPSA) is 50.1 Å². The lowest BCUT2D eigenvalue weighted by Crippen LogP contribution is -2.07. The van der Waals surface area contributed by atoms with Crippen molar-refractivity contribution in [2.24, 2.45) is 0 Å². The number of ether oxygens (including phenoxy) is 1. The predicted molar refractivity (Wildman–Crippen MR) is 64.8 cm³/mol. The van der Waals surface area contributed by atoms with Gasteiger partial charge in [-0.1, -0.05) is 27.5 Å². The van der Waals surface area contributed by atoms with Gasteiger partial charge in [-0.25, -0.2) is 4.79 Å². The van der Waals surface area contributed by atoms with E-state index in [1.54, 1.807) is 13.0 Å². The summed E-state index contributed by atoms with van der Waals surface area (Å²) in [7, 11) is 0. The summed E-state index contributed by atoms with van der Waals surface area (Å²) in [4.78, 5) is 11.6. The summed E-state index contributed by atoms with van der Waals surface area (Å²) in [5.74, 6) is -0.508. The number of carbonyl (C=O) groups excluding carboxylic acids is 1. The van der Waals surface area contributed by atoms with Crippen LogP contribution >= 0.6 is 27.5 Å². The maximum Gasteiger partial charge on any atom is 0.339 e. The zero-order valence-corrected chi connectivity index (χ0v) is 10.9. The van der Waals surface area contributed by atoms with Gasteiger partial charge in [0, 0.05) is 5.33 Å². The molecule has 84 valence electrons. The summed E-state index contributed by atoms with van der Waals surface area (Å²) in [5.41, 5.74) is 1.32. The lowest BCUT2D eigenvalue weighted by Gasteiger charge is -2.08. The molecule has 0 spiro atoms. The van der Waals surface area contributed by atoms with Crippen molar-refractivity contribution >= 4 is 33.5 Å². The SMILES string of the molecule is CCOC(=O)c1cc(C#N)cc(CBr)c1Cl. The van der Waals surface area contributed by atoms with E-state index in [0.717, 1.165) is 0 Å². The molecule has 0 fully saturated rings. The van der Waals surface area contributed by atoms with Crippen LogP contribution in [0.5, 0.6) is 0 Å². The molecule has 0 unspecified atom stereocenters. The number of nitriles is 1. The monoisotopic (exact) mass is 301 g/mol. The molecule has 0 bridgehead atoms. The molecule has 5 heteroatoms. The van der Waals surface area contributed by atoms with Crippen molar-refractivity contribution in [2.75, 3.05) is 6.61 Å². The van der Waals surface area contributed by atoms with Gasteiger partial charge >= 0.3 is 5.97 Å². The van der Waals surface area contributed by atoms with Gasteiger partial charge in [0.05, 0.1) is 28.8 Å². The molecule has 0 aliphatic heterocycles. The third-order valence-electron chi connectivity index (χ3n) is 1.92. The van der Waals surface area contributed by atoms with Crippen LogP contribution < -0.4 is 0 Å². The Morgan fingerprint density at radius 2 is 2.31 bits per heavy atom. The highest BCUT2D eigenvalue weighted by atomic mass is 79.9. The van der Waals surface area contributed by atoms with Crippen LogP contribution in [0.1, 0.15) is 28.4 Å². The van der Waals surface area contributed by atoms with Crippen LogP contribution in [-0.2, 0) is 10.1 Å². The van der Waals surface area contributed by atoms with Crippen molar-refractivity contribution in [3.05, 3.63) is 33.8 Å². The molecule has 0 aliphatic rings. The van der Waals surface area contributed by atoms with Crippen LogP contribution in [0.3, 0.4) is 0 Å². The fraction of sp³-hybridized carbons (Fsp3) is 0.273. The van der Waals surface area contributed by atoms with Gasteiger partial charge in [-0.05, 0) is 24.6 Å². The highest BCUT2D eigenvalue weighted by Crippen LogP contribution is 2.25. The van der Waals surface area contributed by atoms with E-state index in [-0.39, 0.29) is 12.2 Å². The third kappa shape index (κ3) is 2.75. The Bertz CT molecular complexity index is 454. The molecule has 0 heterocycles. The number of hydrogen-bond donors (Lipinski definition) is 0. The maximum atomic E-state index is 11.6. The van der Waals surface area contributed by atoms with E-state index in [1.165, 1.54) is 6.07 Å². The Balaban J connectivity index is 3.27. The first kappa shape index (κ1) is 13.0. The van der Waals surface area contributed by atoms with E-state index in [9.17, 15) is 4.79 Å². The second-order valence-electron chi connectivity index (χ2n) is 2.96. The van der Waals surface area contributed by atoms with Gasteiger partial charge in [-0.2, -0.15) is 5.26 Å². The zero-order valence-electron chi connectivity index (χ0n) is 8.59. The van der Waals surface area contributed by atoms with Crippen LogP contribution in [0, 0.1) is 11.3 Å². The van der Waals surface area contributed by atoms with Gasteiger partial charge in [0.2, 0.25) is 0 Å². The molecule has 0 aromatic heterocycles. The Morgan fingerprint density at radius 3 is 2.81 bits per heavy atom. The smallest absolute Gasteiger partial charge is 0.339 e. The minimum Gasteiger partial charge on any atom is -0.462 e. The molecule has 0 N–H and O–H groups in total. The van der Waals surface area contributed by atoms with Crippen LogP contribution in [-0.4, -0.2) is 12.6 Å².